The number of hydrogen-bond acceptors (Lipinski definition) is 1. The highest BCUT2D eigenvalue weighted by atomic mass is 16.4. The van der Waals surface area contributed by atoms with Gasteiger partial charge in [-0.3, -0.25) is 0 Å². The van der Waals surface area contributed by atoms with E-state index >= 15 is 0 Å². The normalized spacial score (nSPS) is 9.80. The maximum Gasteiger partial charge on any atom is 0.274 e. The Bertz CT molecular complexity index is 49.2. The van der Waals surface area contributed by atoms with Crippen LogP contribution >= 0.6 is 0 Å². The molecule has 0 N–H and O–H groups in total. The van der Waals surface area contributed by atoms with Gasteiger partial charge in [0.1, 0.15) is 0 Å². The lowest BCUT2D eigenvalue weighted by atomic mass is 9.92. The molecule has 0 amide bonds. The molecule has 0 atom stereocenters. The molecule has 0 bridgehead atoms. The van der Waals surface area contributed by atoms with E-state index in [1.54, 1.807) is 0 Å². The van der Waals surface area contributed by atoms with Gasteiger partial charge in [0.25, 0.3) is 7.48 Å². The summed E-state index contributed by atoms with van der Waals surface area (Å²) in [5, 5.41) is 0. The largest absolute Gasteiger partial charge is 0.439 e. The molecule has 0 aliphatic heterocycles. The maximum atomic E-state index is 5.38. The lowest BCUT2D eigenvalue weighted by Gasteiger charge is -1.99. The molecule has 10 heavy (non-hydrogen) atoms. The monoisotopic (exact) mass is 142 g/mol. The Morgan fingerprint density at radius 1 is 1.10 bits per heavy atom. The standard InChI is InChI=1S/C8H19BO/c1-3-5-7-9-10-8-6-4-2/h9H,3-8H2,1-2H3. The second-order valence-electron chi connectivity index (χ2n) is 2.67. The van der Waals surface area contributed by atoms with Crippen molar-refractivity contribution in [3.05, 3.63) is 0 Å². The van der Waals surface area contributed by atoms with E-state index in [1.165, 1.54) is 32.0 Å². The van der Waals surface area contributed by atoms with Crippen LogP contribution in [-0.2, 0) is 4.65 Å². The summed E-state index contributed by atoms with van der Waals surface area (Å²) in [6.45, 7) is 5.36. The molecule has 2 heteroatoms. The second-order valence-corrected chi connectivity index (χ2v) is 2.67. The van der Waals surface area contributed by atoms with Crippen molar-refractivity contribution in [1.82, 2.24) is 0 Å². The average molecular weight is 142 g/mol. The van der Waals surface area contributed by atoms with Crippen LogP contribution < -0.4 is 0 Å². The molecule has 0 fully saturated rings. The van der Waals surface area contributed by atoms with Gasteiger partial charge in [-0.15, -0.1) is 0 Å². The van der Waals surface area contributed by atoms with E-state index in [1.807, 2.05) is 0 Å². The van der Waals surface area contributed by atoms with Crippen molar-refractivity contribution in [2.24, 2.45) is 0 Å². The van der Waals surface area contributed by atoms with Crippen LogP contribution in [0.25, 0.3) is 0 Å². The lowest BCUT2D eigenvalue weighted by Crippen LogP contribution is -1.99. The number of hydrogen-bond donors (Lipinski definition) is 0. The summed E-state index contributed by atoms with van der Waals surface area (Å²) < 4.78 is 5.38. The van der Waals surface area contributed by atoms with E-state index in [4.69, 9.17) is 4.65 Å². The van der Waals surface area contributed by atoms with Gasteiger partial charge in [0, 0.05) is 6.61 Å². The van der Waals surface area contributed by atoms with E-state index < -0.39 is 0 Å². The molecule has 0 spiro atoms. The van der Waals surface area contributed by atoms with Crippen LogP contribution in [0.5, 0.6) is 0 Å². The van der Waals surface area contributed by atoms with Gasteiger partial charge in [-0.1, -0.05) is 39.4 Å². The Morgan fingerprint density at radius 3 is 2.40 bits per heavy atom. The van der Waals surface area contributed by atoms with Crippen LogP contribution in [0, 0.1) is 0 Å². The Balaban J connectivity index is 2.65. The molecule has 0 aliphatic rings. The summed E-state index contributed by atoms with van der Waals surface area (Å²) in [4.78, 5) is 0. The van der Waals surface area contributed by atoms with Crippen molar-refractivity contribution in [3.8, 4) is 0 Å². The smallest absolute Gasteiger partial charge is 0.274 e. The van der Waals surface area contributed by atoms with Gasteiger partial charge in [0.05, 0.1) is 0 Å². The Kier molecular flexibility index (Phi) is 9.05. The molecule has 0 saturated carbocycles. The predicted octanol–water partition coefficient (Wildman–Crippen LogP) is 2.37. The van der Waals surface area contributed by atoms with E-state index in [-0.39, 0.29) is 0 Å². The highest BCUT2D eigenvalue weighted by molar-refractivity contribution is 6.26. The quantitative estimate of drug-likeness (QED) is 0.391. The molecule has 0 radical (unpaired) electrons. The zero-order valence-corrected chi connectivity index (χ0v) is 7.36. The van der Waals surface area contributed by atoms with E-state index in [0.717, 1.165) is 14.1 Å². The maximum absolute atomic E-state index is 5.38. The van der Waals surface area contributed by atoms with Gasteiger partial charge in [-0.2, -0.15) is 0 Å². The van der Waals surface area contributed by atoms with E-state index in [9.17, 15) is 0 Å². The first-order valence-corrected chi connectivity index (χ1v) is 4.49. The molecule has 0 saturated heterocycles. The van der Waals surface area contributed by atoms with Gasteiger partial charge >= 0.3 is 0 Å². The van der Waals surface area contributed by atoms with Crippen LogP contribution in [0.2, 0.25) is 6.32 Å². The topological polar surface area (TPSA) is 9.23 Å². The van der Waals surface area contributed by atoms with Crippen molar-refractivity contribution in [1.29, 1.82) is 0 Å². The fraction of sp³-hybridized carbons (Fsp3) is 1.00. The first-order valence-electron chi connectivity index (χ1n) is 4.49. The molecule has 0 aromatic rings. The summed E-state index contributed by atoms with van der Waals surface area (Å²) in [7, 11) is 0.966. The van der Waals surface area contributed by atoms with Crippen molar-refractivity contribution in [2.75, 3.05) is 6.61 Å². The van der Waals surface area contributed by atoms with Crippen LogP contribution in [-0.4, -0.2) is 14.1 Å². The highest BCUT2D eigenvalue weighted by Crippen LogP contribution is 1.94. The van der Waals surface area contributed by atoms with Crippen LogP contribution in [0.3, 0.4) is 0 Å². The summed E-state index contributed by atoms with van der Waals surface area (Å²) in [5.41, 5.74) is 0. The Hall–Kier alpha value is 0.0249. The van der Waals surface area contributed by atoms with Crippen LogP contribution in [0.1, 0.15) is 39.5 Å². The van der Waals surface area contributed by atoms with Crippen molar-refractivity contribution >= 4 is 7.48 Å². The van der Waals surface area contributed by atoms with Gasteiger partial charge in [0.15, 0.2) is 0 Å². The second kappa shape index (κ2) is 9.02. The molecule has 0 rings (SSSR count). The summed E-state index contributed by atoms with van der Waals surface area (Å²) in [6, 6.07) is 0. The number of rotatable bonds is 7. The van der Waals surface area contributed by atoms with Gasteiger partial charge in [0.2, 0.25) is 0 Å². The lowest BCUT2D eigenvalue weighted by molar-refractivity contribution is 0.325. The van der Waals surface area contributed by atoms with Crippen molar-refractivity contribution in [2.45, 2.75) is 45.9 Å². The minimum atomic E-state index is 0.959. The molecule has 0 aliphatic carbocycles. The Morgan fingerprint density at radius 2 is 1.80 bits per heavy atom. The zero-order chi connectivity index (χ0) is 7.66. The fourth-order valence-corrected chi connectivity index (χ4v) is 0.803. The third-order valence-electron chi connectivity index (χ3n) is 1.53. The van der Waals surface area contributed by atoms with Crippen molar-refractivity contribution in [3.63, 3.8) is 0 Å². The minimum Gasteiger partial charge on any atom is -0.439 e. The van der Waals surface area contributed by atoms with Crippen molar-refractivity contribution < 1.29 is 4.65 Å². The zero-order valence-electron chi connectivity index (χ0n) is 7.36. The van der Waals surface area contributed by atoms with Crippen LogP contribution in [0.4, 0.5) is 0 Å². The fourth-order valence-electron chi connectivity index (χ4n) is 0.803. The molecule has 0 unspecified atom stereocenters. The summed E-state index contributed by atoms with van der Waals surface area (Å²) in [6.07, 6.45) is 6.30. The molecular formula is C8H19BO. The number of unbranched alkanes of at least 4 members (excludes halogenated alkanes) is 2. The third kappa shape index (κ3) is 8.02. The molecular weight excluding hydrogens is 123 g/mol. The Labute approximate surface area is 65.4 Å². The average Bonchev–Trinajstić information content (AvgIpc) is 1.97. The first-order chi connectivity index (χ1) is 4.91. The molecule has 0 aromatic carbocycles. The molecule has 60 valence electrons. The van der Waals surface area contributed by atoms with E-state index in [2.05, 4.69) is 13.8 Å². The molecule has 1 nitrogen and oxygen atoms in total. The predicted molar refractivity (Wildman–Crippen MR) is 47.7 cm³/mol. The third-order valence-corrected chi connectivity index (χ3v) is 1.53. The molecule has 0 aromatic heterocycles. The van der Waals surface area contributed by atoms with Gasteiger partial charge in [-0.05, 0) is 6.42 Å². The molecule has 0 heterocycles. The van der Waals surface area contributed by atoms with Gasteiger partial charge < -0.3 is 4.65 Å². The van der Waals surface area contributed by atoms with E-state index in [0.29, 0.717) is 0 Å². The van der Waals surface area contributed by atoms with Gasteiger partial charge in [-0.25, -0.2) is 0 Å². The summed E-state index contributed by atoms with van der Waals surface area (Å²) >= 11 is 0. The SMILES string of the molecule is CCCCBOCCCC. The highest BCUT2D eigenvalue weighted by Gasteiger charge is 1.89. The summed E-state index contributed by atoms with van der Waals surface area (Å²) in [5.74, 6) is 0. The minimum absolute atomic E-state index is 0.959. The van der Waals surface area contributed by atoms with Crippen LogP contribution in [0.15, 0.2) is 0 Å². The first kappa shape index (κ1) is 10.0.